The molecule has 1 aromatic heterocycles. The van der Waals surface area contributed by atoms with Gasteiger partial charge in [-0.15, -0.1) is 0 Å². The third-order valence-electron chi connectivity index (χ3n) is 4.89. The van der Waals surface area contributed by atoms with Gasteiger partial charge in [0.05, 0.1) is 18.0 Å². The molecule has 6 heteroatoms. The molecule has 2 aliphatic rings. The van der Waals surface area contributed by atoms with Gasteiger partial charge in [-0.2, -0.15) is 0 Å². The van der Waals surface area contributed by atoms with Gasteiger partial charge in [-0.3, -0.25) is 14.7 Å². The van der Waals surface area contributed by atoms with Crippen molar-refractivity contribution in [1.82, 2.24) is 9.88 Å². The zero-order chi connectivity index (χ0) is 17.4. The maximum absolute atomic E-state index is 12.8. The number of carbonyl (C=O) groups excluding carboxylic acids is 1. The van der Waals surface area contributed by atoms with E-state index in [1.807, 2.05) is 18.3 Å². The average Bonchev–Trinajstić information content (AvgIpc) is 3.00. The predicted molar refractivity (Wildman–Crippen MR) is 97.0 cm³/mol. The Morgan fingerprint density at radius 3 is 2.92 bits per heavy atom. The fourth-order valence-electron chi connectivity index (χ4n) is 3.63. The number of anilines is 1. The smallest absolute Gasteiger partial charge is 0.258 e. The van der Waals surface area contributed by atoms with Crippen LogP contribution >= 0.6 is 11.6 Å². The monoisotopic (exact) mass is 357 g/mol. The second kappa shape index (κ2) is 6.75. The number of carbonyl (C=O) groups is 1. The minimum atomic E-state index is -0.233. The zero-order valence-electron chi connectivity index (χ0n) is 13.9. The van der Waals surface area contributed by atoms with Crippen molar-refractivity contribution in [3.63, 3.8) is 0 Å². The molecule has 1 saturated heterocycles. The molecule has 2 aromatic rings. The number of amides is 1. The van der Waals surface area contributed by atoms with Crippen LogP contribution in [0.15, 0.2) is 36.7 Å². The first kappa shape index (κ1) is 16.5. The van der Waals surface area contributed by atoms with Crippen molar-refractivity contribution in [3.05, 3.63) is 58.4 Å². The lowest BCUT2D eigenvalue weighted by Crippen LogP contribution is -2.37. The van der Waals surface area contributed by atoms with Crippen LogP contribution in [0.1, 0.15) is 27.9 Å². The van der Waals surface area contributed by atoms with Gasteiger partial charge in [-0.25, -0.2) is 0 Å². The van der Waals surface area contributed by atoms with Crippen LogP contribution in [0, 0.1) is 0 Å². The highest BCUT2D eigenvalue weighted by atomic mass is 35.5. The molecule has 0 aliphatic carbocycles. The van der Waals surface area contributed by atoms with Gasteiger partial charge in [0.15, 0.2) is 0 Å². The number of fused-ring (bicyclic) bond motifs is 1. The van der Waals surface area contributed by atoms with Crippen LogP contribution in [0.2, 0.25) is 5.02 Å². The Bertz CT molecular complexity index is 811. The number of benzene rings is 1. The number of nitrogens with zero attached hydrogens (tertiary/aromatic N) is 3. The lowest BCUT2D eigenvalue weighted by atomic mass is 9.98. The molecule has 25 heavy (non-hydrogen) atoms. The lowest BCUT2D eigenvalue weighted by Gasteiger charge is -2.29. The van der Waals surface area contributed by atoms with Gasteiger partial charge in [0.1, 0.15) is 0 Å². The Morgan fingerprint density at radius 1 is 1.24 bits per heavy atom. The topological polar surface area (TPSA) is 56.7 Å². The molecule has 0 radical (unpaired) electrons. The second-order valence-corrected chi connectivity index (χ2v) is 7.17. The predicted octanol–water partition coefficient (Wildman–Crippen LogP) is 2.50. The first-order chi connectivity index (χ1) is 12.1. The summed E-state index contributed by atoms with van der Waals surface area (Å²) in [5.41, 5.74) is 3.59. The standard InChI is InChI=1S/C19H20ClN3O2/c20-15-1-2-18-14(8-15)3-6-23(19(18)25)16-7-13(9-21-10-16)11-22-5-4-17(24)12-22/h1-2,7-10,17,24H,3-6,11-12H2/t17-/m0/s1. The molecule has 1 atom stereocenters. The summed E-state index contributed by atoms with van der Waals surface area (Å²) in [6.45, 7) is 2.95. The molecule has 1 aromatic carbocycles. The van der Waals surface area contributed by atoms with Gasteiger partial charge in [0, 0.05) is 43.0 Å². The van der Waals surface area contributed by atoms with E-state index in [0.717, 1.165) is 42.7 Å². The van der Waals surface area contributed by atoms with Crippen LogP contribution in [0.4, 0.5) is 5.69 Å². The number of rotatable bonds is 3. The summed E-state index contributed by atoms with van der Waals surface area (Å²) in [5, 5.41) is 10.3. The number of aliphatic hydroxyl groups is 1. The fraction of sp³-hybridized carbons (Fsp3) is 0.368. The Balaban J connectivity index is 1.55. The van der Waals surface area contributed by atoms with Crippen molar-refractivity contribution < 1.29 is 9.90 Å². The molecule has 4 rings (SSSR count). The van der Waals surface area contributed by atoms with Crippen molar-refractivity contribution in [3.8, 4) is 0 Å². The number of pyridine rings is 1. The van der Waals surface area contributed by atoms with Gasteiger partial charge in [-0.1, -0.05) is 11.6 Å². The molecular formula is C19H20ClN3O2. The number of aliphatic hydroxyl groups excluding tert-OH is 1. The van der Waals surface area contributed by atoms with Crippen molar-refractivity contribution in [1.29, 1.82) is 0 Å². The SMILES string of the molecule is O=C1c2ccc(Cl)cc2CCN1c1cncc(CN2CC[C@H](O)C2)c1. The first-order valence-corrected chi connectivity index (χ1v) is 8.92. The second-order valence-electron chi connectivity index (χ2n) is 6.74. The van der Waals surface area contributed by atoms with E-state index in [2.05, 4.69) is 9.88 Å². The van der Waals surface area contributed by atoms with Gasteiger partial charge < -0.3 is 10.0 Å². The number of hydrogen-bond acceptors (Lipinski definition) is 4. The first-order valence-electron chi connectivity index (χ1n) is 8.55. The minimum absolute atomic E-state index is 0.00605. The molecule has 0 spiro atoms. The van der Waals surface area contributed by atoms with Crippen molar-refractivity contribution >= 4 is 23.2 Å². The van der Waals surface area contributed by atoms with Gasteiger partial charge in [0.2, 0.25) is 0 Å². The average molecular weight is 358 g/mol. The molecule has 130 valence electrons. The van der Waals surface area contributed by atoms with Gasteiger partial charge in [-0.05, 0) is 48.2 Å². The highest BCUT2D eigenvalue weighted by Gasteiger charge is 2.26. The Morgan fingerprint density at radius 2 is 2.12 bits per heavy atom. The number of halogens is 1. The van der Waals surface area contributed by atoms with Crippen molar-refractivity contribution in [2.24, 2.45) is 0 Å². The highest BCUT2D eigenvalue weighted by Crippen LogP contribution is 2.27. The molecule has 1 N–H and O–H groups in total. The minimum Gasteiger partial charge on any atom is -0.392 e. The van der Waals surface area contributed by atoms with Gasteiger partial charge >= 0.3 is 0 Å². The summed E-state index contributed by atoms with van der Waals surface area (Å²) < 4.78 is 0. The molecular weight excluding hydrogens is 338 g/mol. The van der Waals surface area contributed by atoms with E-state index >= 15 is 0 Å². The van der Waals surface area contributed by atoms with E-state index in [-0.39, 0.29) is 12.0 Å². The molecule has 1 fully saturated rings. The third-order valence-corrected chi connectivity index (χ3v) is 5.13. The van der Waals surface area contributed by atoms with Crippen LogP contribution in [0.3, 0.4) is 0 Å². The van der Waals surface area contributed by atoms with Crippen LogP contribution in [0.25, 0.3) is 0 Å². The highest BCUT2D eigenvalue weighted by molar-refractivity contribution is 6.30. The molecule has 1 amide bonds. The van der Waals surface area contributed by atoms with Crippen molar-refractivity contribution in [2.45, 2.75) is 25.5 Å². The zero-order valence-corrected chi connectivity index (χ0v) is 14.6. The third kappa shape index (κ3) is 3.40. The number of likely N-dealkylation sites (tertiary alicyclic amines) is 1. The molecule has 2 aliphatic heterocycles. The molecule has 0 bridgehead atoms. The normalized spacial score (nSPS) is 20.8. The number of β-amino-alcohol motifs (C(OH)–C–C–N with tert-alkyl or cyclic N) is 1. The van der Waals surface area contributed by atoms with E-state index in [1.165, 1.54) is 0 Å². The van der Waals surface area contributed by atoms with E-state index in [1.54, 1.807) is 23.2 Å². The lowest BCUT2D eigenvalue weighted by molar-refractivity contribution is 0.0980. The molecule has 3 heterocycles. The van der Waals surface area contributed by atoms with E-state index < -0.39 is 0 Å². The summed E-state index contributed by atoms with van der Waals surface area (Å²) in [6, 6.07) is 7.46. The molecule has 0 unspecified atom stereocenters. The van der Waals surface area contributed by atoms with Crippen LogP contribution < -0.4 is 4.90 Å². The van der Waals surface area contributed by atoms with E-state index in [4.69, 9.17) is 11.6 Å². The molecule has 5 nitrogen and oxygen atoms in total. The van der Waals surface area contributed by atoms with Crippen LogP contribution in [-0.2, 0) is 13.0 Å². The summed E-state index contributed by atoms with van der Waals surface area (Å²) in [5.74, 6) is -0.00605. The Hall–Kier alpha value is -1.95. The summed E-state index contributed by atoms with van der Waals surface area (Å²) in [6.07, 6.45) is 4.93. The number of aromatic nitrogens is 1. The number of hydrogen-bond donors (Lipinski definition) is 1. The van der Waals surface area contributed by atoms with E-state index in [9.17, 15) is 9.90 Å². The maximum Gasteiger partial charge on any atom is 0.258 e. The van der Waals surface area contributed by atoms with Crippen LogP contribution in [-0.4, -0.2) is 46.6 Å². The van der Waals surface area contributed by atoms with E-state index in [0.29, 0.717) is 23.7 Å². The van der Waals surface area contributed by atoms with Crippen molar-refractivity contribution in [2.75, 3.05) is 24.5 Å². The maximum atomic E-state index is 12.8. The summed E-state index contributed by atoms with van der Waals surface area (Å²) in [7, 11) is 0. The quantitative estimate of drug-likeness (QED) is 0.917. The van der Waals surface area contributed by atoms with Gasteiger partial charge in [0.25, 0.3) is 5.91 Å². The summed E-state index contributed by atoms with van der Waals surface area (Å²) in [4.78, 5) is 21.2. The Labute approximate surface area is 151 Å². The molecule has 0 saturated carbocycles. The van der Waals surface area contributed by atoms with Crippen LogP contribution in [0.5, 0.6) is 0 Å². The largest absolute Gasteiger partial charge is 0.392 e. The fourth-order valence-corrected chi connectivity index (χ4v) is 3.82. The summed E-state index contributed by atoms with van der Waals surface area (Å²) >= 11 is 6.03. The Kier molecular flexibility index (Phi) is 4.46.